The van der Waals surface area contributed by atoms with Gasteiger partial charge >= 0.3 is 15.5 Å². The highest BCUT2D eigenvalue weighted by Gasteiger charge is 2.46. The topological polar surface area (TPSA) is 72.0 Å². The van der Waals surface area contributed by atoms with Gasteiger partial charge in [-0.1, -0.05) is 23.2 Å². The van der Waals surface area contributed by atoms with Crippen LogP contribution in [0, 0.1) is 0 Å². The van der Waals surface area contributed by atoms with Gasteiger partial charge in [0.2, 0.25) is 0 Å². The lowest BCUT2D eigenvalue weighted by atomic mass is 10.6. The van der Waals surface area contributed by atoms with E-state index in [1.807, 2.05) is 0 Å². The molecule has 1 rings (SSSR count). The first kappa shape index (κ1) is 13.3. The summed E-state index contributed by atoms with van der Waals surface area (Å²) < 4.78 is 58.5. The molecule has 16 heavy (non-hydrogen) atoms. The zero-order valence-corrected chi connectivity index (χ0v) is 9.41. The summed E-state index contributed by atoms with van der Waals surface area (Å²) in [5, 5.41) is -0.881. The highest BCUT2D eigenvalue weighted by Crippen LogP contribution is 2.30. The molecule has 0 aliphatic heterocycles. The first-order chi connectivity index (χ1) is 7.15. The maximum atomic E-state index is 12.0. The molecule has 0 atom stereocenters. The van der Waals surface area contributed by atoms with Gasteiger partial charge in [-0.3, -0.25) is 4.72 Å². The van der Waals surface area contributed by atoms with Crippen molar-refractivity contribution in [3.8, 4) is 0 Å². The van der Waals surface area contributed by atoms with E-state index in [-0.39, 0.29) is 5.15 Å². The lowest BCUT2D eigenvalue weighted by Gasteiger charge is -2.10. The highest BCUT2D eigenvalue weighted by atomic mass is 35.5. The van der Waals surface area contributed by atoms with E-state index in [9.17, 15) is 21.6 Å². The maximum Gasteiger partial charge on any atom is 0.516 e. The number of hydrogen-bond donors (Lipinski definition) is 1. The van der Waals surface area contributed by atoms with E-state index in [0.29, 0.717) is 0 Å². The van der Waals surface area contributed by atoms with Crippen LogP contribution in [0.25, 0.3) is 0 Å². The van der Waals surface area contributed by atoms with E-state index < -0.39 is 26.4 Å². The first-order valence-corrected chi connectivity index (χ1v) is 5.64. The largest absolute Gasteiger partial charge is 0.516 e. The van der Waals surface area contributed by atoms with Gasteiger partial charge in [0.15, 0.2) is 11.0 Å². The van der Waals surface area contributed by atoms with Crippen molar-refractivity contribution in [2.75, 3.05) is 4.72 Å². The average Bonchev–Trinajstić information content (AvgIpc) is 2.11. The van der Waals surface area contributed by atoms with Crippen molar-refractivity contribution >= 4 is 39.0 Å². The first-order valence-electron chi connectivity index (χ1n) is 3.40. The van der Waals surface area contributed by atoms with Gasteiger partial charge in [0.05, 0.1) is 0 Å². The van der Waals surface area contributed by atoms with Crippen molar-refractivity contribution in [2.45, 2.75) is 5.51 Å². The van der Waals surface area contributed by atoms with E-state index in [4.69, 9.17) is 23.2 Å². The fourth-order valence-electron chi connectivity index (χ4n) is 0.605. The van der Waals surface area contributed by atoms with E-state index in [0.717, 1.165) is 11.0 Å². The molecule has 1 heterocycles. The van der Waals surface area contributed by atoms with Crippen molar-refractivity contribution in [1.82, 2.24) is 9.97 Å². The number of aromatic nitrogens is 2. The molecule has 0 aliphatic rings. The molecule has 0 radical (unpaired) electrons. The van der Waals surface area contributed by atoms with Gasteiger partial charge in [0.1, 0.15) is 11.3 Å². The van der Waals surface area contributed by atoms with Crippen LogP contribution >= 0.6 is 23.2 Å². The van der Waals surface area contributed by atoms with Crippen LogP contribution in [0.3, 0.4) is 0 Å². The molecule has 0 saturated heterocycles. The number of nitrogens with zero attached hydrogens (tertiary/aromatic N) is 2. The van der Waals surface area contributed by atoms with E-state index in [1.165, 1.54) is 0 Å². The van der Waals surface area contributed by atoms with Crippen molar-refractivity contribution in [1.29, 1.82) is 0 Å². The predicted molar refractivity (Wildman–Crippen MR) is 50.6 cm³/mol. The Bertz CT molecular complexity index is 504. The summed E-state index contributed by atoms with van der Waals surface area (Å²) in [7, 11) is -5.57. The molecule has 0 spiro atoms. The van der Waals surface area contributed by atoms with Crippen LogP contribution < -0.4 is 4.72 Å². The van der Waals surface area contributed by atoms with Crippen LogP contribution in [0.1, 0.15) is 0 Å². The van der Waals surface area contributed by atoms with Crippen molar-refractivity contribution in [3.63, 3.8) is 0 Å². The second kappa shape index (κ2) is 4.22. The third kappa shape index (κ3) is 2.66. The average molecular weight is 296 g/mol. The molecule has 1 aromatic heterocycles. The van der Waals surface area contributed by atoms with Gasteiger partial charge in [0.25, 0.3) is 0 Å². The Morgan fingerprint density at radius 2 is 1.81 bits per heavy atom. The second-order valence-corrected chi connectivity index (χ2v) is 4.79. The number of anilines is 1. The van der Waals surface area contributed by atoms with Gasteiger partial charge < -0.3 is 0 Å². The Morgan fingerprint density at radius 3 is 2.31 bits per heavy atom. The van der Waals surface area contributed by atoms with E-state index in [2.05, 4.69) is 9.97 Å². The number of alkyl halides is 3. The Morgan fingerprint density at radius 1 is 1.25 bits per heavy atom. The minimum absolute atomic E-state index is 0.364. The molecular weight excluding hydrogens is 294 g/mol. The third-order valence-corrected chi connectivity index (χ3v) is 3.10. The molecule has 1 aromatic rings. The summed E-state index contributed by atoms with van der Waals surface area (Å²) >= 11 is 10.8. The maximum absolute atomic E-state index is 12.0. The molecular formula is C5H2Cl2F3N3O2S. The lowest BCUT2D eigenvalue weighted by molar-refractivity contribution is -0.0429. The number of halogens is 5. The summed E-state index contributed by atoms with van der Waals surface area (Å²) in [5.74, 6) is -0.737. The molecule has 0 aliphatic carbocycles. The monoisotopic (exact) mass is 295 g/mol. The zero-order chi connectivity index (χ0) is 12.6. The highest BCUT2D eigenvalue weighted by molar-refractivity contribution is 7.93. The fraction of sp³-hybridized carbons (Fsp3) is 0.200. The molecule has 90 valence electrons. The molecule has 0 amide bonds. The molecule has 0 saturated carbocycles. The van der Waals surface area contributed by atoms with Gasteiger partial charge in [-0.2, -0.15) is 21.6 Å². The smallest absolute Gasteiger partial charge is 0.258 e. The Balaban J connectivity index is 3.12. The molecule has 1 N–H and O–H groups in total. The fourth-order valence-corrected chi connectivity index (χ4v) is 1.46. The van der Waals surface area contributed by atoms with Crippen molar-refractivity contribution in [3.05, 3.63) is 16.5 Å². The zero-order valence-electron chi connectivity index (χ0n) is 7.09. The molecule has 11 heteroatoms. The Labute approximate surface area is 97.6 Å². The number of hydrogen-bond acceptors (Lipinski definition) is 4. The third-order valence-electron chi connectivity index (χ3n) is 1.28. The summed E-state index contributed by atoms with van der Waals surface area (Å²) in [6.07, 6.45) is 0.766. The summed E-state index contributed by atoms with van der Waals surface area (Å²) in [6, 6.07) is 0. The minimum Gasteiger partial charge on any atom is -0.258 e. The standard InChI is InChI=1S/C5H2Cl2F3N3O2S/c6-2-3(7)11-1-12-4(2)13-16(14,15)5(8,9)10/h1H,(H,11,12,13). The molecule has 0 fully saturated rings. The Hall–Kier alpha value is -0.800. The van der Waals surface area contributed by atoms with Crippen molar-refractivity contribution in [2.24, 2.45) is 0 Å². The summed E-state index contributed by atoms with van der Waals surface area (Å²) in [4.78, 5) is 6.56. The van der Waals surface area contributed by atoms with E-state index in [1.54, 1.807) is 0 Å². The Kier molecular flexibility index (Phi) is 3.50. The van der Waals surface area contributed by atoms with Crippen LogP contribution in [0.4, 0.5) is 19.0 Å². The van der Waals surface area contributed by atoms with Gasteiger partial charge in [-0.25, -0.2) is 9.97 Å². The molecule has 0 unspecified atom stereocenters. The molecule has 5 nitrogen and oxygen atoms in total. The van der Waals surface area contributed by atoms with Gasteiger partial charge in [-0.15, -0.1) is 0 Å². The SMILES string of the molecule is O=S(=O)(Nc1ncnc(Cl)c1Cl)C(F)(F)F. The quantitative estimate of drug-likeness (QED) is 0.848. The lowest BCUT2D eigenvalue weighted by Crippen LogP contribution is -2.30. The van der Waals surface area contributed by atoms with Crippen LogP contribution in [0.2, 0.25) is 10.2 Å². The number of nitrogens with one attached hydrogen (secondary N) is 1. The van der Waals surface area contributed by atoms with Crippen molar-refractivity contribution < 1.29 is 21.6 Å². The van der Waals surface area contributed by atoms with Crippen LogP contribution in [0.5, 0.6) is 0 Å². The second-order valence-electron chi connectivity index (χ2n) is 2.38. The number of rotatable bonds is 2. The van der Waals surface area contributed by atoms with Crippen LogP contribution in [-0.4, -0.2) is 23.9 Å². The summed E-state index contributed by atoms with van der Waals surface area (Å²) in [6.45, 7) is 0. The molecule has 0 bridgehead atoms. The summed E-state index contributed by atoms with van der Waals surface area (Å²) in [5.41, 5.74) is -5.46. The normalized spacial score (nSPS) is 12.6. The minimum atomic E-state index is -5.57. The van der Waals surface area contributed by atoms with E-state index >= 15 is 0 Å². The predicted octanol–water partition coefficient (Wildman–Crippen LogP) is 2.04. The van der Waals surface area contributed by atoms with Gasteiger partial charge in [-0.05, 0) is 0 Å². The van der Waals surface area contributed by atoms with Gasteiger partial charge in [0, 0.05) is 0 Å². The van der Waals surface area contributed by atoms with Crippen LogP contribution in [0.15, 0.2) is 6.33 Å². The van der Waals surface area contributed by atoms with Crippen LogP contribution in [-0.2, 0) is 10.0 Å². The number of sulfonamides is 1. The molecule has 0 aromatic carbocycles.